The molecule has 1 aliphatic rings. The summed E-state index contributed by atoms with van der Waals surface area (Å²) in [7, 11) is 0. The van der Waals surface area contributed by atoms with Crippen molar-refractivity contribution in [3.63, 3.8) is 0 Å². The second kappa shape index (κ2) is 7.61. The van der Waals surface area contributed by atoms with Crippen molar-refractivity contribution >= 4 is 17.4 Å². The summed E-state index contributed by atoms with van der Waals surface area (Å²) in [5.41, 5.74) is 1.56. The van der Waals surface area contributed by atoms with E-state index in [-0.39, 0.29) is 17.8 Å². The number of benzene rings is 1. The molecule has 6 heteroatoms. The molecule has 25 heavy (non-hydrogen) atoms. The van der Waals surface area contributed by atoms with E-state index in [0.717, 1.165) is 37.3 Å². The quantitative estimate of drug-likeness (QED) is 0.927. The van der Waals surface area contributed by atoms with Crippen LogP contribution in [0.4, 0.5) is 15.9 Å². The Balaban J connectivity index is 1.70. The molecule has 3 rings (SSSR count). The lowest BCUT2D eigenvalue weighted by molar-refractivity contribution is -0.116. The van der Waals surface area contributed by atoms with Crippen LogP contribution >= 0.6 is 0 Å². The number of pyridine rings is 1. The molecule has 1 aromatic heterocycles. The summed E-state index contributed by atoms with van der Waals surface area (Å²) >= 11 is 0. The van der Waals surface area contributed by atoms with Crippen LogP contribution in [0.3, 0.4) is 0 Å². The highest BCUT2D eigenvalue weighted by molar-refractivity contribution is 5.91. The third kappa shape index (κ3) is 4.33. The fourth-order valence-electron chi connectivity index (χ4n) is 2.98. The van der Waals surface area contributed by atoms with Crippen LogP contribution in [0.25, 0.3) is 0 Å². The van der Waals surface area contributed by atoms with Gasteiger partial charge in [0.25, 0.3) is 0 Å². The molecule has 0 spiro atoms. The van der Waals surface area contributed by atoms with Gasteiger partial charge >= 0.3 is 0 Å². The van der Waals surface area contributed by atoms with Crippen molar-refractivity contribution in [2.75, 3.05) is 22.9 Å². The minimum atomic E-state index is -0.329. The van der Waals surface area contributed by atoms with Gasteiger partial charge in [-0.25, -0.2) is 9.37 Å². The lowest BCUT2D eigenvalue weighted by atomic mass is 10.1. The largest absolute Gasteiger partial charge is 0.393 e. The summed E-state index contributed by atoms with van der Waals surface area (Å²) in [6, 6.07) is 9.77. The van der Waals surface area contributed by atoms with Gasteiger partial charge in [0.05, 0.1) is 12.6 Å². The van der Waals surface area contributed by atoms with Crippen molar-refractivity contribution in [1.82, 2.24) is 4.98 Å². The number of anilines is 2. The average Bonchev–Trinajstić information content (AvgIpc) is 2.62. The number of hydrogen-bond donors (Lipinski definition) is 1. The number of carbonyl (C=O) groups excluding carboxylic acids is 1. The molecule has 0 aliphatic carbocycles. The Labute approximate surface area is 146 Å². The van der Waals surface area contributed by atoms with Gasteiger partial charge in [-0.05, 0) is 48.7 Å². The maximum Gasteiger partial charge on any atom is 0.224 e. The minimum Gasteiger partial charge on any atom is -0.393 e. The summed E-state index contributed by atoms with van der Waals surface area (Å²) in [6.45, 7) is 3.46. The van der Waals surface area contributed by atoms with E-state index in [1.807, 2.05) is 12.1 Å². The van der Waals surface area contributed by atoms with Gasteiger partial charge in [0.2, 0.25) is 5.91 Å². The van der Waals surface area contributed by atoms with Crippen LogP contribution < -0.4 is 9.80 Å². The third-order valence-electron chi connectivity index (χ3n) is 4.46. The number of piperidine rings is 1. The summed E-state index contributed by atoms with van der Waals surface area (Å²) in [5.74, 6) is 0.442. The van der Waals surface area contributed by atoms with Crippen molar-refractivity contribution in [3.8, 4) is 0 Å². The van der Waals surface area contributed by atoms with E-state index in [1.54, 1.807) is 23.2 Å². The highest BCUT2D eigenvalue weighted by Crippen LogP contribution is 2.21. The van der Waals surface area contributed by atoms with Gasteiger partial charge in [0.15, 0.2) is 0 Å². The number of carbonyl (C=O) groups is 1. The number of hydrogen-bond acceptors (Lipinski definition) is 4. The molecule has 1 fully saturated rings. The SMILES string of the molecule is CC(=O)N(Cc1ccc(N2CCC(O)CC2)nc1)c1ccc(F)cc1. The van der Waals surface area contributed by atoms with Gasteiger partial charge in [0, 0.05) is 31.9 Å². The van der Waals surface area contributed by atoms with Crippen LogP contribution in [0.2, 0.25) is 0 Å². The van der Waals surface area contributed by atoms with E-state index in [9.17, 15) is 14.3 Å². The zero-order valence-corrected chi connectivity index (χ0v) is 14.2. The van der Waals surface area contributed by atoms with Crippen molar-refractivity contribution in [2.45, 2.75) is 32.4 Å². The normalized spacial score (nSPS) is 15.2. The van der Waals surface area contributed by atoms with E-state index in [0.29, 0.717) is 12.2 Å². The Hall–Kier alpha value is -2.47. The third-order valence-corrected chi connectivity index (χ3v) is 4.46. The summed E-state index contributed by atoms with van der Waals surface area (Å²) in [6.07, 6.45) is 3.06. The van der Waals surface area contributed by atoms with Gasteiger partial charge in [0.1, 0.15) is 11.6 Å². The van der Waals surface area contributed by atoms with Crippen LogP contribution in [0, 0.1) is 5.82 Å². The van der Waals surface area contributed by atoms with Crippen LogP contribution in [-0.2, 0) is 11.3 Å². The predicted molar refractivity (Wildman–Crippen MR) is 95.0 cm³/mol. The molecule has 0 atom stereocenters. The Kier molecular flexibility index (Phi) is 5.28. The monoisotopic (exact) mass is 343 g/mol. The van der Waals surface area contributed by atoms with Gasteiger partial charge in [-0.3, -0.25) is 4.79 Å². The van der Waals surface area contributed by atoms with Crippen molar-refractivity contribution in [2.24, 2.45) is 0 Å². The van der Waals surface area contributed by atoms with Gasteiger partial charge in [-0.15, -0.1) is 0 Å². The molecule has 0 bridgehead atoms. The smallest absolute Gasteiger partial charge is 0.224 e. The Morgan fingerprint density at radius 1 is 1.24 bits per heavy atom. The van der Waals surface area contributed by atoms with Crippen LogP contribution in [0.15, 0.2) is 42.6 Å². The molecule has 2 heterocycles. The van der Waals surface area contributed by atoms with Crippen molar-refractivity contribution in [1.29, 1.82) is 0 Å². The Morgan fingerprint density at radius 2 is 1.92 bits per heavy atom. The standard InChI is InChI=1S/C19H22FN3O2/c1-14(24)23(17-5-3-16(20)4-6-17)13-15-2-7-19(21-12-15)22-10-8-18(25)9-11-22/h2-7,12,18,25H,8-11,13H2,1H3. The number of aliphatic hydroxyl groups is 1. The first-order valence-corrected chi connectivity index (χ1v) is 8.44. The molecule has 0 unspecified atom stereocenters. The second-order valence-corrected chi connectivity index (χ2v) is 6.32. The Morgan fingerprint density at radius 3 is 2.48 bits per heavy atom. The topological polar surface area (TPSA) is 56.7 Å². The van der Waals surface area contributed by atoms with Crippen molar-refractivity contribution < 1.29 is 14.3 Å². The lowest BCUT2D eigenvalue weighted by Crippen LogP contribution is -2.36. The fraction of sp³-hybridized carbons (Fsp3) is 0.368. The first-order chi connectivity index (χ1) is 12.0. The molecular formula is C19H22FN3O2. The van der Waals surface area contributed by atoms with Crippen LogP contribution in [0.1, 0.15) is 25.3 Å². The molecule has 1 saturated heterocycles. The van der Waals surface area contributed by atoms with Crippen LogP contribution in [-0.4, -0.2) is 35.2 Å². The molecule has 132 valence electrons. The molecule has 5 nitrogen and oxygen atoms in total. The Bertz CT molecular complexity index is 710. The molecular weight excluding hydrogens is 321 g/mol. The molecule has 2 aromatic rings. The minimum absolute atomic E-state index is 0.110. The first kappa shape index (κ1) is 17.4. The molecule has 1 amide bonds. The zero-order valence-electron chi connectivity index (χ0n) is 14.2. The number of aromatic nitrogens is 1. The summed E-state index contributed by atoms with van der Waals surface area (Å²) in [4.78, 5) is 20.2. The zero-order chi connectivity index (χ0) is 17.8. The van der Waals surface area contributed by atoms with E-state index in [4.69, 9.17) is 0 Å². The molecule has 1 N–H and O–H groups in total. The number of rotatable bonds is 4. The number of nitrogens with zero attached hydrogens (tertiary/aromatic N) is 3. The van der Waals surface area contributed by atoms with E-state index >= 15 is 0 Å². The average molecular weight is 343 g/mol. The number of amides is 1. The van der Waals surface area contributed by atoms with E-state index in [1.165, 1.54) is 19.1 Å². The van der Waals surface area contributed by atoms with Gasteiger partial charge < -0.3 is 14.9 Å². The van der Waals surface area contributed by atoms with Crippen LogP contribution in [0.5, 0.6) is 0 Å². The number of halogens is 1. The maximum absolute atomic E-state index is 13.1. The van der Waals surface area contributed by atoms with E-state index < -0.39 is 0 Å². The maximum atomic E-state index is 13.1. The second-order valence-electron chi connectivity index (χ2n) is 6.32. The highest BCUT2D eigenvalue weighted by Gasteiger charge is 2.18. The molecule has 1 aliphatic heterocycles. The lowest BCUT2D eigenvalue weighted by Gasteiger charge is -2.30. The molecule has 0 saturated carbocycles. The van der Waals surface area contributed by atoms with Gasteiger partial charge in [-0.2, -0.15) is 0 Å². The van der Waals surface area contributed by atoms with Gasteiger partial charge in [-0.1, -0.05) is 6.07 Å². The predicted octanol–water partition coefficient (Wildman–Crippen LogP) is 2.73. The molecule has 0 radical (unpaired) electrons. The van der Waals surface area contributed by atoms with E-state index in [2.05, 4.69) is 9.88 Å². The number of aliphatic hydroxyl groups excluding tert-OH is 1. The van der Waals surface area contributed by atoms with Crippen molar-refractivity contribution in [3.05, 3.63) is 54.0 Å². The molecule has 1 aromatic carbocycles. The summed E-state index contributed by atoms with van der Waals surface area (Å²) < 4.78 is 13.1. The highest BCUT2D eigenvalue weighted by atomic mass is 19.1. The summed E-state index contributed by atoms with van der Waals surface area (Å²) in [5, 5.41) is 9.59. The fourth-order valence-corrected chi connectivity index (χ4v) is 2.98. The first-order valence-electron chi connectivity index (χ1n) is 8.44.